The molecule has 3 saturated carbocycles. The first-order valence-electron chi connectivity index (χ1n) is 17.1. The quantitative estimate of drug-likeness (QED) is 0.268. The molecule has 3 fully saturated rings. The van der Waals surface area contributed by atoms with Gasteiger partial charge in [0.25, 0.3) is 8.32 Å². The topological polar surface area (TPSA) is 113 Å². The largest absolute Gasteiger partial charge is 0.460 e. The summed E-state index contributed by atoms with van der Waals surface area (Å²) in [6.07, 6.45) is 1.34. The van der Waals surface area contributed by atoms with E-state index in [1.54, 1.807) is 0 Å². The van der Waals surface area contributed by atoms with E-state index >= 15 is 0 Å². The predicted octanol–water partition coefficient (Wildman–Crippen LogP) is 4.64. The maximum Gasteiger partial charge on any atom is 0.331 e. The van der Waals surface area contributed by atoms with Crippen molar-refractivity contribution in [3.8, 4) is 0 Å². The van der Waals surface area contributed by atoms with Crippen LogP contribution < -0.4 is 10.4 Å². The summed E-state index contributed by atoms with van der Waals surface area (Å²) in [4.78, 5) is 28.0. The van der Waals surface area contributed by atoms with Crippen molar-refractivity contribution in [3.05, 3.63) is 60.7 Å². The zero-order valence-electron chi connectivity index (χ0n) is 28.5. The minimum absolute atomic E-state index is 0.0471. The van der Waals surface area contributed by atoms with Crippen LogP contribution in [0.1, 0.15) is 80.1 Å². The highest BCUT2D eigenvalue weighted by atomic mass is 28.4. The lowest BCUT2D eigenvalue weighted by Gasteiger charge is -2.62. The third kappa shape index (κ3) is 5.32. The molecule has 3 aliphatic rings. The number of ketones is 1. The first-order chi connectivity index (χ1) is 21.8. The van der Waals surface area contributed by atoms with Gasteiger partial charge in [-0.2, -0.15) is 0 Å². The van der Waals surface area contributed by atoms with Crippen LogP contribution in [0, 0.1) is 34.0 Å². The monoisotopic (exact) mass is 650 g/mol. The summed E-state index contributed by atoms with van der Waals surface area (Å²) in [6, 6.07) is 20.3. The van der Waals surface area contributed by atoms with E-state index in [4.69, 9.17) is 9.16 Å². The van der Waals surface area contributed by atoms with E-state index in [-0.39, 0.29) is 43.0 Å². The maximum atomic E-state index is 14.1. The summed E-state index contributed by atoms with van der Waals surface area (Å²) in [6.45, 7) is 11.8. The molecule has 0 heterocycles. The lowest BCUT2D eigenvalue weighted by Crippen LogP contribution is -2.67. The van der Waals surface area contributed by atoms with E-state index in [0.29, 0.717) is 25.7 Å². The smallest absolute Gasteiger partial charge is 0.331 e. The first kappa shape index (κ1) is 35.0. The van der Waals surface area contributed by atoms with Gasteiger partial charge in [-0.3, -0.25) is 4.79 Å². The molecule has 3 aliphatic carbocycles. The zero-order chi connectivity index (χ0) is 33.5. The van der Waals surface area contributed by atoms with Gasteiger partial charge < -0.3 is 24.5 Å². The number of carbonyl (C=O) groups excluding carboxylic acids is 2. The highest BCUT2D eigenvalue weighted by Gasteiger charge is 2.69. The normalized spacial score (nSPS) is 34.8. The van der Waals surface area contributed by atoms with Crippen molar-refractivity contribution in [2.45, 2.75) is 97.3 Å². The number of hydrogen-bond donors (Lipinski definition) is 3. The van der Waals surface area contributed by atoms with Crippen molar-refractivity contribution in [1.82, 2.24) is 0 Å². The van der Waals surface area contributed by atoms with Crippen LogP contribution in [-0.2, 0) is 18.8 Å². The van der Waals surface area contributed by atoms with Crippen LogP contribution in [-0.4, -0.2) is 67.4 Å². The Balaban J connectivity index is 1.55. The predicted molar refractivity (Wildman–Crippen MR) is 181 cm³/mol. The molecule has 0 aromatic heterocycles. The minimum atomic E-state index is -3.02. The van der Waals surface area contributed by atoms with E-state index in [1.807, 2.05) is 43.3 Å². The second-order valence-electron chi connectivity index (χ2n) is 15.7. The minimum Gasteiger partial charge on any atom is -0.460 e. The summed E-state index contributed by atoms with van der Waals surface area (Å²) >= 11 is 0. The van der Waals surface area contributed by atoms with Gasteiger partial charge in [0.2, 0.25) is 0 Å². The Morgan fingerprint density at radius 3 is 2.09 bits per heavy atom. The second kappa shape index (κ2) is 12.9. The van der Waals surface area contributed by atoms with E-state index in [9.17, 15) is 24.9 Å². The Labute approximate surface area is 275 Å². The number of rotatable bonds is 9. The fourth-order valence-electron chi connectivity index (χ4n) is 10.0. The number of carbonyl (C=O) groups is 2. The number of esters is 1. The third-order valence-electron chi connectivity index (χ3n) is 12.8. The van der Waals surface area contributed by atoms with Crippen molar-refractivity contribution in [2.75, 3.05) is 19.8 Å². The van der Waals surface area contributed by atoms with Gasteiger partial charge in [-0.05, 0) is 58.8 Å². The van der Waals surface area contributed by atoms with Crippen LogP contribution in [0.5, 0.6) is 0 Å². The molecule has 7 nitrogen and oxygen atoms in total. The maximum absolute atomic E-state index is 14.1. The molecule has 2 aromatic rings. The van der Waals surface area contributed by atoms with Gasteiger partial charge in [0, 0.05) is 35.7 Å². The summed E-state index contributed by atoms with van der Waals surface area (Å²) in [5, 5.41) is 35.4. The van der Waals surface area contributed by atoms with Crippen LogP contribution in [0.25, 0.3) is 0 Å². The van der Waals surface area contributed by atoms with Crippen molar-refractivity contribution in [3.63, 3.8) is 0 Å². The molecular formula is C38H54O7Si. The van der Waals surface area contributed by atoms with Gasteiger partial charge in [0.05, 0.1) is 12.7 Å². The van der Waals surface area contributed by atoms with Crippen LogP contribution in [0.3, 0.4) is 0 Å². The van der Waals surface area contributed by atoms with Crippen LogP contribution in [0.2, 0.25) is 5.04 Å². The van der Waals surface area contributed by atoms with Gasteiger partial charge in [-0.25, -0.2) is 4.79 Å². The van der Waals surface area contributed by atoms with Crippen LogP contribution in [0.4, 0.5) is 0 Å². The Kier molecular flexibility index (Phi) is 9.82. The number of hydrogen-bond acceptors (Lipinski definition) is 7. The number of aliphatic hydroxyl groups is 3. The van der Waals surface area contributed by atoms with Gasteiger partial charge in [-0.15, -0.1) is 0 Å². The molecular weight excluding hydrogens is 596 g/mol. The molecule has 252 valence electrons. The molecule has 8 heteroatoms. The molecule has 2 bridgehead atoms. The standard InChI is InChI=1S/C38H54O7Si/c1-7-37(25-40)22-31(36(6)26(2)18-20-38(29(23-39)34(37)43)21-19-30(41)33(36)38)45-32(42)24-44-46(35(3,4)5,27-14-10-8-11-15-27)28-16-12-9-13-17-28/h8-17,26,29,31,33-34,39-40,43H,7,18-25H2,1-6H3/t26-,29+,31-,33?,34+,36+,37-,38+/m1/s1. The number of aliphatic hydroxyl groups excluding tert-OH is 3. The Hall–Kier alpha value is -2.36. The summed E-state index contributed by atoms with van der Waals surface area (Å²) < 4.78 is 13.4. The van der Waals surface area contributed by atoms with Gasteiger partial charge in [-0.1, -0.05) is 102 Å². The number of ether oxygens (including phenoxy) is 1. The molecule has 0 aliphatic heterocycles. The lowest BCUT2D eigenvalue weighted by atomic mass is 9.43. The van der Waals surface area contributed by atoms with Crippen molar-refractivity contribution in [1.29, 1.82) is 0 Å². The van der Waals surface area contributed by atoms with E-state index < -0.39 is 54.6 Å². The molecule has 3 N–H and O–H groups in total. The average Bonchev–Trinajstić information content (AvgIpc) is 3.39. The third-order valence-corrected chi connectivity index (χ3v) is 17.8. The molecule has 5 rings (SSSR count). The highest BCUT2D eigenvalue weighted by molar-refractivity contribution is 6.99. The molecule has 0 amide bonds. The number of benzene rings is 2. The molecule has 0 radical (unpaired) electrons. The second-order valence-corrected chi connectivity index (χ2v) is 20.0. The van der Waals surface area contributed by atoms with Crippen molar-refractivity contribution in [2.24, 2.45) is 34.0 Å². The Morgan fingerprint density at radius 2 is 1.59 bits per heavy atom. The summed E-state index contributed by atoms with van der Waals surface area (Å²) in [5.74, 6) is -1.34. The Bertz CT molecular complexity index is 1330. The van der Waals surface area contributed by atoms with E-state index in [2.05, 4.69) is 58.9 Å². The average molecular weight is 651 g/mol. The zero-order valence-corrected chi connectivity index (χ0v) is 29.5. The molecule has 46 heavy (non-hydrogen) atoms. The fourth-order valence-corrected chi connectivity index (χ4v) is 14.5. The summed E-state index contributed by atoms with van der Waals surface area (Å²) in [5.41, 5.74) is -2.35. The molecule has 2 aromatic carbocycles. The number of Topliss-reactive ketones (excluding diaryl/α,β-unsaturated/α-hetero) is 1. The van der Waals surface area contributed by atoms with Gasteiger partial charge >= 0.3 is 5.97 Å². The first-order valence-corrected chi connectivity index (χ1v) is 19.0. The van der Waals surface area contributed by atoms with E-state index in [1.165, 1.54) is 0 Å². The molecule has 0 spiro atoms. The molecule has 8 atom stereocenters. The molecule has 0 saturated heterocycles. The SMILES string of the molecule is CC[C@]1(CO)C[C@@H](OC(=O)CO[Si](c2ccccc2)(c2ccccc2)C(C)(C)C)[C@@]2(C)C3C(=O)CC[C@@]3(CC[C@H]2C)[C@@H](CO)[C@@H]1O. The van der Waals surface area contributed by atoms with Crippen LogP contribution in [0.15, 0.2) is 60.7 Å². The molecule has 1 unspecified atom stereocenters. The van der Waals surface area contributed by atoms with Crippen molar-refractivity contribution >= 4 is 30.4 Å². The van der Waals surface area contributed by atoms with Crippen LogP contribution >= 0.6 is 0 Å². The fraction of sp³-hybridized carbons (Fsp3) is 0.632. The lowest BCUT2D eigenvalue weighted by molar-refractivity contribution is -0.225. The van der Waals surface area contributed by atoms with Gasteiger partial charge in [0.1, 0.15) is 18.5 Å². The Morgan fingerprint density at radius 1 is 1.00 bits per heavy atom. The summed E-state index contributed by atoms with van der Waals surface area (Å²) in [7, 11) is -3.02. The highest BCUT2D eigenvalue weighted by Crippen LogP contribution is 2.68. The van der Waals surface area contributed by atoms with Gasteiger partial charge in [0.15, 0.2) is 0 Å². The van der Waals surface area contributed by atoms with Crippen molar-refractivity contribution < 1.29 is 34.1 Å². The van der Waals surface area contributed by atoms with E-state index in [0.717, 1.165) is 16.8 Å².